The van der Waals surface area contributed by atoms with Crippen molar-refractivity contribution in [1.82, 2.24) is 9.88 Å². The molecule has 2 aromatic rings. The number of hydrogen-bond acceptors (Lipinski definition) is 3. The second-order valence-corrected chi connectivity index (χ2v) is 6.36. The number of carbonyl (C=O) groups is 2. The Hall–Kier alpha value is -2.76. The molecule has 1 N–H and O–H groups in total. The number of pyridine rings is 1. The zero-order valence-corrected chi connectivity index (χ0v) is 13.9. The maximum atomic E-state index is 13.0. The van der Waals surface area contributed by atoms with Gasteiger partial charge >= 0.3 is 0 Å². The molecule has 1 aromatic carbocycles. The molecular weight excluding hydrogens is 323 g/mol. The summed E-state index contributed by atoms with van der Waals surface area (Å²) in [6.07, 6.45) is 2.85. The van der Waals surface area contributed by atoms with Gasteiger partial charge in [0.2, 0.25) is 5.56 Å². The molecule has 25 heavy (non-hydrogen) atoms. The molecule has 1 aliphatic heterocycles. The molecule has 1 aliphatic rings. The predicted molar refractivity (Wildman–Crippen MR) is 91.2 cm³/mol. The van der Waals surface area contributed by atoms with Gasteiger partial charge in [-0.1, -0.05) is 0 Å². The summed E-state index contributed by atoms with van der Waals surface area (Å²) in [5.74, 6) is -0.946. The second-order valence-electron chi connectivity index (χ2n) is 6.36. The van der Waals surface area contributed by atoms with Gasteiger partial charge in [-0.3, -0.25) is 14.4 Å². The fourth-order valence-electron chi connectivity index (χ4n) is 3.20. The van der Waals surface area contributed by atoms with Crippen LogP contribution in [0.25, 0.3) is 0 Å². The maximum absolute atomic E-state index is 13.0. The highest BCUT2D eigenvalue weighted by Crippen LogP contribution is 2.23. The second kappa shape index (κ2) is 7.01. The van der Waals surface area contributed by atoms with Gasteiger partial charge in [0, 0.05) is 36.8 Å². The minimum Gasteiger partial charge on any atom is -0.338 e. The van der Waals surface area contributed by atoms with Gasteiger partial charge in [0.25, 0.3) is 5.91 Å². The molecule has 0 radical (unpaired) electrons. The molecule has 5 nitrogen and oxygen atoms in total. The molecule has 3 rings (SSSR count). The third-order valence-electron chi connectivity index (χ3n) is 4.57. The van der Waals surface area contributed by atoms with Crippen molar-refractivity contribution >= 4 is 11.7 Å². The van der Waals surface area contributed by atoms with Crippen LogP contribution in [0.3, 0.4) is 0 Å². The Morgan fingerprint density at radius 2 is 1.96 bits per heavy atom. The average molecular weight is 342 g/mol. The quantitative estimate of drug-likeness (QED) is 0.872. The normalized spacial score (nSPS) is 17.4. The number of likely N-dealkylation sites (tertiary alicyclic amines) is 1. The van der Waals surface area contributed by atoms with Crippen LogP contribution in [0.1, 0.15) is 39.1 Å². The van der Waals surface area contributed by atoms with Crippen molar-refractivity contribution in [3.63, 3.8) is 0 Å². The number of rotatable bonds is 3. The van der Waals surface area contributed by atoms with Gasteiger partial charge in [0.05, 0.1) is 5.56 Å². The molecule has 130 valence electrons. The summed E-state index contributed by atoms with van der Waals surface area (Å²) in [4.78, 5) is 40.8. The number of amides is 1. The van der Waals surface area contributed by atoms with Gasteiger partial charge in [-0.15, -0.1) is 0 Å². The molecule has 0 saturated carbocycles. The van der Waals surface area contributed by atoms with Crippen LogP contribution >= 0.6 is 0 Å². The van der Waals surface area contributed by atoms with Gasteiger partial charge in [0.1, 0.15) is 5.82 Å². The van der Waals surface area contributed by atoms with Gasteiger partial charge in [-0.2, -0.15) is 0 Å². The number of carbonyl (C=O) groups excluding carboxylic acids is 2. The fourth-order valence-corrected chi connectivity index (χ4v) is 3.20. The van der Waals surface area contributed by atoms with E-state index in [0.717, 1.165) is 6.42 Å². The van der Waals surface area contributed by atoms with Crippen molar-refractivity contribution < 1.29 is 14.0 Å². The molecule has 1 saturated heterocycles. The lowest BCUT2D eigenvalue weighted by Gasteiger charge is -2.32. The van der Waals surface area contributed by atoms with Gasteiger partial charge in [0.15, 0.2) is 5.78 Å². The van der Waals surface area contributed by atoms with Crippen molar-refractivity contribution in [2.75, 3.05) is 13.1 Å². The minimum absolute atomic E-state index is 0.0734. The van der Waals surface area contributed by atoms with Crippen LogP contribution in [0, 0.1) is 18.7 Å². The smallest absolute Gasteiger partial charge is 0.255 e. The highest BCUT2D eigenvalue weighted by Gasteiger charge is 2.30. The number of piperidine rings is 1. The van der Waals surface area contributed by atoms with Crippen molar-refractivity contribution in [2.45, 2.75) is 19.8 Å². The van der Waals surface area contributed by atoms with Gasteiger partial charge in [-0.25, -0.2) is 4.39 Å². The predicted octanol–water partition coefficient (Wildman–Crippen LogP) is 2.56. The van der Waals surface area contributed by atoms with E-state index >= 15 is 0 Å². The molecule has 0 spiro atoms. The van der Waals surface area contributed by atoms with E-state index in [9.17, 15) is 18.8 Å². The summed E-state index contributed by atoms with van der Waals surface area (Å²) in [6.45, 7) is 2.62. The van der Waals surface area contributed by atoms with E-state index in [1.165, 1.54) is 36.5 Å². The van der Waals surface area contributed by atoms with Crippen LogP contribution in [0.2, 0.25) is 0 Å². The standard InChI is InChI=1S/C19H19FN2O3/c1-12-9-17(23)21-10-16(12)19(25)22-8-2-3-14(11-22)18(24)13-4-6-15(20)7-5-13/h4-7,9-10,14H,2-3,8,11H2,1H3,(H,21,23). The SMILES string of the molecule is Cc1cc(=O)[nH]cc1C(=O)N1CCCC(C(=O)c2ccc(F)cc2)C1. The number of aromatic nitrogens is 1. The Bertz CT molecular complexity index is 858. The molecule has 0 bridgehead atoms. The molecule has 1 aromatic heterocycles. The topological polar surface area (TPSA) is 70.2 Å². The van der Waals surface area contributed by atoms with E-state index in [1.54, 1.807) is 11.8 Å². The van der Waals surface area contributed by atoms with E-state index in [2.05, 4.69) is 4.98 Å². The molecule has 0 aliphatic carbocycles. The van der Waals surface area contributed by atoms with Crippen molar-refractivity contribution in [1.29, 1.82) is 0 Å². The number of halogens is 1. The van der Waals surface area contributed by atoms with E-state index < -0.39 is 0 Å². The number of nitrogens with one attached hydrogen (secondary N) is 1. The highest BCUT2D eigenvalue weighted by atomic mass is 19.1. The summed E-state index contributed by atoms with van der Waals surface area (Å²) in [5.41, 5.74) is 1.26. The number of aryl methyl sites for hydroxylation is 1. The monoisotopic (exact) mass is 342 g/mol. The van der Waals surface area contributed by atoms with Crippen molar-refractivity contribution in [2.24, 2.45) is 5.92 Å². The Labute approximate surface area is 144 Å². The summed E-state index contributed by atoms with van der Waals surface area (Å²) in [6, 6.07) is 6.87. The largest absolute Gasteiger partial charge is 0.338 e. The van der Waals surface area contributed by atoms with E-state index in [0.29, 0.717) is 36.2 Å². The summed E-state index contributed by atoms with van der Waals surface area (Å²) >= 11 is 0. The molecule has 1 atom stereocenters. The average Bonchev–Trinajstić information content (AvgIpc) is 2.61. The lowest BCUT2D eigenvalue weighted by molar-refractivity contribution is 0.0636. The number of nitrogens with zero attached hydrogens (tertiary/aromatic N) is 1. The Kier molecular flexibility index (Phi) is 4.79. The number of Topliss-reactive ketones (excluding diaryl/α,β-unsaturated/α-hetero) is 1. The first-order valence-electron chi connectivity index (χ1n) is 8.24. The van der Waals surface area contributed by atoms with Crippen LogP contribution in [0.5, 0.6) is 0 Å². The number of H-pyrrole nitrogens is 1. The zero-order chi connectivity index (χ0) is 18.0. The lowest BCUT2D eigenvalue weighted by Crippen LogP contribution is -2.42. The number of hydrogen-bond donors (Lipinski definition) is 1. The third kappa shape index (κ3) is 3.68. The highest BCUT2D eigenvalue weighted by molar-refractivity contribution is 5.99. The van der Waals surface area contributed by atoms with Crippen molar-refractivity contribution in [3.05, 3.63) is 69.4 Å². The molecular formula is C19H19FN2O3. The Balaban J connectivity index is 1.76. The number of aromatic amines is 1. The van der Waals surface area contributed by atoms with Gasteiger partial charge in [-0.05, 0) is 49.6 Å². The third-order valence-corrected chi connectivity index (χ3v) is 4.57. The first-order chi connectivity index (χ1) is 12.0. The van der Waals surface area contributed by atoms with Crippen LogP contribution in [-0.2, 0) is 0 Å². The molecule has 1 amide bonds. The minimum atomic E-state index is -0.384. The van der Waals surface area contributed by atoms with E-state index in [-0.39, 0.29) is 29.0 Å². The van der Waals surface area contributed by atoms with Crippen LogP contribution in [-0.4, -0.2) is 34.7 Å². The summed E-state index contributed by atoms with van der Waals surface area (Å²) in [5, 5.41) is 0. The van der Waals surface area contributed by atoms with E-state index in [1.807, 2.05) is 0 Å². The fraction of sp³-hybridized carbons (Fsp3) is 0.316. The number of benzene rings is 1. The van der Waals surface area contributed by atoms with Crippen LogP contribution in [0.4, 0.5) is 4.39 Å². The Morgan fingerprint density at radius 3 is 2.64 bits per heavy atom. The lowest BCUT2D eigenvalue weighted by atomic mass is 9.89. The molecule has 2 heterocycles. The van der Waals surface area contributed by atoms with Gasteiger partial charge < -0.3 is 9.88 Å². The maximum Gasteiger partial charge on any atom is 0.255 e. The summed E-state index contributed by atoms with van der Waals surface area (Å²) < 4.78 is 13.0. The van der Waals surface area contributed by atoms with Crippen LogP contribution < -0.4 is 5.56 Å². The molecule has 6 heteroatoms. The zero-order valence-electron chi connectivity index (χ0n) is 13.9. The van der Waals surface area contributed by atoms with E-state index in [4.69, 9.17) is 0 Å². The first-order valence-corrected chi connectivity index (χ1v) is 8.24. The molecule has 1 fully saturated rings. The first kappa shape index (κ1) is 17.1. The summed E-state index contributed by atoms with van der Waals surface area (Å²) in [7, 11) is 0. The van der Waals surface area contributed by atoms with Crippen molar-refractivity contribution in [3.8, 4) is 0 Å². The Morgan fingerprint density at radius 1 is 1.24 bits per heavy atom. The number of ketones is 1. The van der Waals surface area contributed by atoms with Crippen LogP contribution in [0.15, 0.2) is 41.3 Å². The molecule has 1 unspecified atom stereocenters.